The number of thiophene rings is 1. The molecule has 0 aliphatic carbocycles. The average molecular weight is 479 g/mol. The first-order valence-electron chi connectivity index (χ1n) is 9.25. The van der Waals surface area contributed by atoms with Gasteiger partial charge in [0.1, 0.15) is 11.8 Å². The van der Waals surface area contributed by atoms with Gasteiger partial charge in [-0.05, 0) is 59.7 Å². The molecule has 1 heterocycles. The number of thioether (sulfide) groups is 1. The summed E-state index contributed by atoms with van der Waals surface area (Å²) < 4.78 is 28.2. The SMILES string of the molecule is CSc1ccc(CN([C@H](Cc2cccs2)C(=O)NO)S(=O)(=O)c2ccc(O)cc2)cc1. The Morgan fingerprint density at radius 2 is 1.81 bits per heavy atom. The van der Waals surface area contributed by atoms with Gasteiger partial charge in [0.25, 0.3) is 5.91 Å². The van der Waals surface area contributed by atoms with Crippen LogP contribution in [0.1, 0.15) is 10.4 Å². The summed E-state index contributed by atoms with van der Waals surface area (Å²) in [5.74, 6) is -0.891. The lowest BCUT2D eigenvalue weighted by Gasteiger charge is -2.29. The number of amides is 1. The standard InChI is InChI=1S/C21H22N2O5S3/c1-29-17-8-4-15(5-9-17)14-23(31(27,28)19-10-6-16(24)7-11-19)20(21(25)22-26)13-18-3-2-12-30-18/h2-12,20,24,26H,13-14H2,1H3,(H,22,25)/t20-/m1/s1. The van der Waals surface area contributed by atoms with Crippen LogP contribution in [0.4, 0.5) is 0 Å². The van der Waals surface area contributed by atoms with Gasteiger partial charge in [-0.25, -0.2) is 13.9 Å². The third-order valence-electron chi connectivity index (χ3n) is 4.68. The number of aromatic hydroxyl groups is 1. The third kappa shape index (κ3) is 5.66. The normalized spacial score (nSPS) is 12.6. The molecular formula is C21H22N2O5S3. The second-order valence-electron chi connectivity index (χ2n) is 6.67. The van der Waals surface area contributed by atoms with Gasteiger partial charge in [-0.3, -0.25) is 10.0 Å². The van der Waals surface area contributed by atoms with E-state index in [1.54, 1.807) is 23.3 Å². The van der Waals surface area contributed by atoms with Gasteiger partial charge in [0.05, 0.1) is 4.90 Å². The summed E-state index contributed by atoms with van der Waals surface area (Å²) in [6.07, 6.45) is 2.05. The first-order valence-corrected chi connectivity index (χ1v) is 12.8. The Morgan fingerprint density at radius 1 is 1.13 bits per heavy atom. The van der Waals surface area contributed by atoms with Gasteiger partial charge in [-0.2, -0.15) is 4.31 Å². The molecule has 0 saturated carbocycles. The zero-order valence-corrected chi connectivity index (χ0v) is 19.1. The second kappa shape index (κ2) is 10.3. The third-order valence-corrected chi connectivity index (χ3v) is 8.19. The number of phenolic OH excluding ortho intramolecular Hbond substituents is 1. The van der Waals surface area contributed by atoms with Crippen LogP contribution in [-0.4, -0.2) is 41.2 Å². The minimum atomic E-state index is -4.14. The van der Waals surface area contributed by atoms with E-state index in [1.165, 1.54) is 35.6 Å². The molecule has 0 aliphatic heterocycles. The zero-order valence-electron chi connectivity index (χ0n) is 16.6. The Labute approximate surface area is 189 Å². The first kappa shape index (κ1) is 23.3. The molecule has 164 valence electrons. The van der Waals surface area contributed by atoms with E-state index in [0.717, 1.165) is 14.1 Å². The van der Waals surface area contributed by atoms with Crippen molar-refractivity contribution in [2.24, 2.45) is 0 Å². The summed E-state index contributed by atoms with van der Waals surface area (Å²) >= 11 is 2.96. The van der Waals surface area contributed by atoms with Crippen molar-refractivity contribution in [1.82, 2.24) is 9.79 Å². The van der Waals surface area contributed by atoms with Crippen molar-refractivity contribution >= 4 is 39.0 Å². The Balaban J connectivity index is 2.05. The van der Waals surface area contributed by atoms with Crippen LogP contribution in [0.25, 0.3) is 0 Å². The number of nitrogens with one attached hydrogen (secondary N) is 1. The molecular weight excluding hydrogens is 456 g/mol. The van der Waals surface area contributed by atoms with Crippen molar-refractivity contribution < 1.29 is 23.5 Å². The number of sulfonamides is 1. The van der Waals surface area contributed by atoms with E-state index in [1.807, 2.05) is 42.0 Å². The van der Waals surface area contributed by atoms with E-state index in [2.05, 4.69) is 0 Å². The van der Waals surface area contributed by atoms with E-state index in [-0.39, 0.29) is 23.6 Å². The molecule has 31 heavy (non-hydrogen) atoms. The molecule has 10 heteroatoms. The lowest BCUT2D eigenvalue weighted by Crippen LogP contribution is -2.49. The molecule has 2 aromatic carbocycles. The smallest absolute Gasteiger partial charge is 0.262 e. The van der Waals surface area contributed by atoms with Crippen LogP contribution in [-0.2, 0) is 27.8 Å². The largest absolute Gasteiger partial charge is 0.508 e. The van der Waals surface area contributed by atoms with Gasteiger partial charge in [-0.1, -0.05) is 18.2 Å². The average Bonchev–Trinajstić information content (AvgIpc) is 3.29. The number of carbonyl (C=O) groups excluding carboxylic acids is 1. The van der Waals surface area contributed by atoms with Crippen LogP contribution in [0.2, 0.25) is 0 Å². The second-order valence-corrected chi connectivity index (χ2v) is 10.5. The highest BCUT2D eigenvalue weighted by Crippen LogP contribution is 2.26. The number of phenols is 1. The topological polar surface area (TPSA) is 107 Å². The number of benzene rings is 2. The predicted molar refractivity (Wildman–Crippen MR) is 121 cm³/mol. The summed E-state index contributed by atoms with van der Waals surface area (Å²) in [7, 11) is -4.14. The predicted octanol–water partition coefficient (Wildman–Crippen LogP) is 3.48. The Morgan fingerprint density at radius 3 is 2.35 bits per heavy atom. The molecule has 1 amide bonds. The molecule has 0 saturated heterocycles. The molecule has 0 bridgehead atoms. The van der Waals surface area contributed by atoms with Crippen LogP contribution in [0.15, 0.2) is 75.8 Å². The quantitative estimate of drug-likeness (QED) is 0.247. The Kier molecular flexibility index (Phi) is 7.74. The molecule has 0 radical (unpaired) electrons. The minimum Gasteiger partial charge on any atom is -0.508 e. The minimum absolute atomic E-state index is 0.0621. The summed E-state index contributed by atoms with van der Waals surface area (Å²) in [6, 6.07) is 14.9. The highest BCUT2D eigenvalue weighted by molar-refractivity contribution is 7.98. The van der Waals surface area contributed by atoms with Gasteiger partial charge in [-0.15, -0.1) is 23.1 Å². The molecule has 0 fully saturated rings. The van der Waals surface area contributed by atoms with Crippen LogP contribution in [0.3, 0.4) is 0 Å². The molecule has 1 atom stereocenters. The molecule has 1 aromatic heterocycles. The number of hydroxylamine groups is 1. The van der Waals surface area contributed by atoms with Crippen molar-refractivity contribution in [2.75, 3.05) is 6.26 Å². The maximum absolute atomic E-state index is 13.5. The van der Waals surface area contributed by atoms with E-state index < -0.39 is 22.0 Å². The Hall–Kier alpha value is -2.37. The molecule has 3 aromatic rings. The van der Waals surface area contributed by atoms with Crippen LogP contribution < -0.4 is 5.48 Å². The van der Waals surface area contributed by atoms with Crippen molar-refractivity contribution in [1.29, 1.82) is 0 Å². The van der Waals surface area contributed by atoms with Gasteiger partial charge in [0.15, 0.2) is 0 Å². The number of hydrogen-bond donors (Lipinski definition) is 3. The van der Waals surface area contributed by atoms with Crippen molar-refractivity contribution in [3.8, 4) is 5.75 Å². The number of carbonyl (C=O) groups is 1. The van der Waals surface area contributed by atoms with E-state index in [4.69, 9.17) is 0 Å². The van der Waals surface area contributed by atoms with Crippen molar-refractivity contribution in [3.63, 3.8) is 0 Å². The maximum atomic E-state index is 13.5. The lowest BCUT2D eigenvalue weighted by atomic mass is 10.1. The van der Waals surface area contributed by atoms with E-state index in [0.29, 0.717) is 5.56 Å². The van der Waals surface area contributed by atoms with Crippen LogP contribution in [0, 0.1) is 0 Å². The molecule has 0 aliphatic rings. The van der Waals surface area contributed by atoms with Gasteiger partial charge < -0.3 is 5.11 Å². The maximum Gasteiger partial charge on any atom is 0.262 e. The highest BCUT2D eigenvalue weighted by atomic mass is 32.2. The fourth-order valence-corrected chi connectivity index (χ4v) is 5.77. The summed E-state index contributed by atoms with van der Waals surface area (Å²) in [5.41, 5.74) is 2.31. The van der Waals surface area contributed by atoms with Gasteiger partial charge in [0.2, 0.25) is 10.0 Å². The number of hydrogen-bond acceptors (Lipinski definition) is 7. The van der Waals surface area contributed by atoms with Crippen molar-refractivity contribution in [3.05, 3.63) is 76.5 Å². The molecule has 3 N–H and O–H groups in total. The monoisotopic (exact) mass is 478 g/mol. The molecule has 0 unspecified atom stereocenters. The molecule has 0 spiro atoms. The number of nitrogens with zero attached hydrogens (tertiary/aromatic N) is 1. The van der Waals surface area contributed by atoms with E-state index in [9.17, 15) is 23.5 Å². The lowest BCUT2D eigenvalue weighted by molar-refractivity contribution is -0.133. The molecule has 7 nitrogen and oxygen atoms in total. The summed E-state index contributed by atoms with van der Waals surface area (Å²) in [5, 5.41) is 20.7. The van der Waals surface area contributed by atoms with Crippen LogP contribution >= 0.6 is 23.1 Å². The van der Waals surface area contributed by atoms with E-state index >= 15 is 0 Å². The molecule has 3 rings (SSSR count). The fraction of sp³-hybridized carbons (Fsp3) is 0.190. The zero-order chi connectivity index (χ0) is 22.4. The van der Waals surface area contributed by atoms with Gasteiger partial charge in [0, 0.05) is 22.7 Å². The summed E-state index contributed by atoms with van der Waals surface area (Å²) in [6.45, 7) is -0.0681. The van der Waals surface area contributed by atoms with Crippen LogP contribution in [0.5, 0.6) is 5.75 Å². The van der Waals surface area contributed by atoms with Crippen molar-refractivity contribution in [2.45, 2.75) is 28.8 Å². The Bertz CT molecular complexity index is 1100. The number of rotatable bonds is 9. The summed E-state index contributed by atoms with van der Waals surface area (Å²) in [4.78, 5) is 14.4. The van der Waals surface area contributed by atoms with Gasteiger partial charge >= 0.3 is 0 Å². The first-order chi connectivity index (χ1) is 14.8. The fourth-order valence-electron chi connectivity index (χ4n) is 3.05. The highest BCUT2D eigenvalue weighted by Gasteiger charge is 2.36.